The molecule has 0 radical (unpaired) electrons. The lowest BCUT2D eigenvalue weighted by atomic mass is 9.93. The zero-order valence-corrected chi connectivity index (χ0v) is 12.0. The number of hydrogen-bond acceptors (Lipinski definition) is 3. The van der Waals surface area contributed by atoms with E-state index in [4.69, 9.17) is 10.5 Å². The lowest BCUT2D eigenvalue weighted by molar-refractivity contribution is -0.118. The van der Waals surface area contributed by atoms with Crippen LogP contribution in [-0.2, 0) is 4.79 Å². The van der Waals surface area contributed by atoms with E-state index in [0.29, 0.717) is 17.7 Å². The van der Waals surface area contributed by atoms with E-state index in [-0.39, 0.29) is 18.0 Å². The minimum absolute atomic E-state index is 0.107. The molecule has 1 heterocycles. The second-order valence-corrected chi connectivity index (χ2v) is 5.04. The zero-order valence-electron chi connectivity index (χ0n) is 12.0. The number of carbonyl (C=O) groups excluding carboxylic acids is 1. The fraction of sp³-hybridized carbons (Fsp3) is 0.333. The van der Waals surface area contributed by atoms with E-state index >= 15 is 0 Å². The molecule has 0 saturated heterocycles. The van der Waals surface area contributed by atoms with Gasteiger partial charge < -0.3 is 20.6 Å². The summed E-state index contributed by atoms with van der Waals surface area (Å²) in [5.41, 5.74) is 6.72. The molecule has 4 N–H and O–H groups in total. The van der Waals surface area contributed by atoms with Gasteiger partial charge in [0.2, 0.25) is 5.91 Å². The predicted molar refractivity (Wildman–Crippen MR) is 78.7 cm³/mol. The maximum atomic E-state index is 11.4. The first-order valence-corrected chi connectivity index (χ1v) is 6.65. The first-order valence-electron chi connectivity index (χ1n) is 6.65. The van der Waals surface area contributed by atoms with Gasteiger partial charge in [-0.25, -0.2) is 4.79 Å². The van der Waals surface area contributed by atoms with Crippen LogP contribution in [0.15, 0.2) is 18.2 Å². The van der Waals surface area contributed by atoms with Gasteiger partial charge in [0.05, 0.1) is 7.11 Å². The van der Waals surface area contributed by atoms with E-state index in [1.807, 2.05) is 6.92 Å². The summed E-state index contributed by atoms with van der Waals surface area (Å²) in [5, 5.41) is 10.2. The first kappa shape index (κ1) is 14.9. The van der Waals surface area contributed by atoms with Crippen molar-refractivity contribution in [3.8, 4) is 5.75 Å². The number of aromatic nitrogens is 1. The van der Waals surface area contributed by atoms with E-state index in [1.54, 1.807) is 25.3 Å². The maximum absolute atomic E-state index is 11.4. The minimum atomic E-state index is -1.02. The van der Waals surface area contributed by atoms with Crippen LogP contribution in [0.2, 0.25) is 0 Å². The van der Waals surface area contributed by atoms with Crippen LogP contribution >= 0.6 is 0 Å². The third-order valence-corrected chi connectivity index (χ3v) is 3.58. The lowest BCUT2D eigenvalue weighted by Crippen LogP contribution is -2.12. The summed E-state index contributed by atoms with van der Waals surface area (Å²) in [6.45, 7) is 1.89. The first-order chi connectivity index (χ1) is 9.93. The van der Waals surface area contributed by atoms with Gasteiger partial charge >= 0.3 is 5.97 Å². The third kappa shape index (κ3) is 2.99. The van der Waals surface area contributed by atoms with Gasteiger partial charge in [-0.2, -0.15) is 0 Å². The Morgan fingerprint density at radius 3 is 2.71 bits per heavy atom. The fourth-order valence-corrected chi connectivity index (χ4v) is 2.50. The molecule has 112 valence electrons. The smallest absolute Gasteiger partial charge is 0.352 e. The molecule has 0 aliphatic rings. The number of carbonyl (C=O) groups is 2. The lowest BCUT2D eigenvalue weighted by Gasteiger charge is -2.11. The summed E-state index contributed by atoms with van der Waals surface area (Å²) >= 11 is 0. The highest BCUT2D eigenvalue weighted by Crippen LogP contribution is 2.34. The average Bonchev–Trinajstić information content (AvgIpc) is 2.83. The number of nitrogens with one attached hydrogen (secondary N) is 1. The Balaban J connectivity index is 2.53. The van der Waals surface area contributed by atoms with E-state index in [0.717, 1.165) is 10.9 Å². The van der Waals surface area contributed by atoms with Crippen LogP contribution in [0.25, 0.3) is 10.9 Å². The molecule has 6 heteroatoms. The van der Waals surface area contributed by atoms with Crippen molar-refractivity contribution in [3.05, 3.63) is 29.5 Å². The number of methoxy groups -OCH3 is 1. The number of fused-ring (bicyclic) bond motifs is 1. The topological polar surface area (TPSA) is 105 Å². The highest BCUT2D eigenvalue weighted by atomic mass is 16.5. The van der Waals surface area contributed by atoms with Crippen molar-refractivity contribution in [2.45, 2.75) is 25.7 Å². The van der Waals surface area contributed by atoms with E-state index in [2.05, 4.69) is 4.98 Å². The monoisotopic (exact) mass is 290 g/mol. The normalized spacial score (nSPS) is 12.3. The summed E-state index contributed by atoms with van der Waals surface area (Å²) in [4.78, 5) is 25.3. The molecule has 0 aliphatic heterocycles. The van der Waals surface area contributed by atoms with Gasteiger partial charge in [-0.15, -0.1) is 0 Å². The summed E-state index contributed by atoms with van der Waals surface area (Å²) in [6.07, 6.45) is 0.719. The Labute approximate surface area is 121 Å². The highest BCUT2D eigenvalue weighted by Gasteiger charge is 2.22. The van der Waals surface area contributed by atoms with E-state index in [9.17, 15) is 14.7 Å². The standard InChI is InChI=1S/C15H18N2O4/c1-8(3-6-12(16)18)13-10-7-9(21-2)4-5-11(10)17-14(13)15(19)20/h4-5,7-8,17H,3,6H2,1-2H3,(H2,16,18)(H,19,20). The SMILES string of the molecule is COc1ccc2[nH]c(C(=O)O)c(C(C)CCC(N)=O)c2c1. The molecule has 0 saturated carbocycles. The molecule has 1 unspecified atom stereocenters. The van der Waals surface area contributed by atoms with Crippen molar-refractivity contribution < 1.29 is 19.4 Å². The molecule has 0 spiro atoms. The van der Waals surface area contributed by atoms with Gasteiger partial charge in [0, 0.05) is 17.3 Å². The van der Waals surface area contributed by atoms with Crippen LogP contribution in [0.5, 0.6) is 5.75 Å². The van der Waals surface area contributed by atoms with E-state index in [1.165, 1.54) is 0 Å². The summed E-state index contributed by atoms with van der Waals surface area (Å²) in [7, 11) is 1.56. The van der Waals surface area contributed by atoms with E-state index < -0.39 is 11.9 Å². The number of H-pyrrole nitrogens is 1. The molecule has 1 aromatic heterocycles. The third-order valence-electron chi connectivity index (χ3n) is 3.58. The van der Waals surface area contributed by atoms with Gasteiger partial charge in [-0.05, 0) is 36.1 Å². The number of carboxylic acids is 1. The molecular formula is C15H18N2O4. The zero-order chi connectivity index (χ0) is 15.6. The molecular weight excluding hydrogens is 272 g/mol. The van der Waals surface area contributed by atoms with Crippen molar-refractivity contribution in [1.29, 1.82) is 0 Å². The van der Waals surface area contributed by atoms with Gasteiger partial charge in [0.1, 0.15) is 11.4 Å². The van der Waals surface area contributed by atoms with Crippen LogP contribution in [0.4, 0.5) is 0 Å². The number of amides is 1. The highest BCUT2D eigenvalue weighted by molar-refractivity contribution is 5.98. The fourth-order valence-electron chi connectivity index (χ4n) is 2.50. The number of primary amides is 1. The average molecular weight is 290 g/mol. The summed E-state index contributed by atoms with van der Waals surface area (Å²) < 4.78 is 5.19. The molecule has 2 rings (SSSR count). The van der Waals surface area contributed by atoms with Crippen LogP contribution in [0, 0.1) is 0 Å². The van der Waals surface area contributed by atoms with Crippen LogP contribution in [-0.4, -0.2) is 29.1 Å². The number of carboxylic acid groups (broad SMARTS) is 1. The Bertz CT molecular complexity index is 690. The molecule has 1 atom stereocenters. The predicted octanol–water partition coefficient (Wildman–Crippen LogP) is 2.24. The van der Waals surface area contributed by atoms with Crippen LogP contribution in [0.1, 0.15) is 41.7 Å². The molecule has 2 aromatic rings. The molecule has 6 nitrogen and oxygen atoms in total. The second-order valence-electron chi connectivity index (χ2n) is 5.04. The molecule has 1 amide bonds. The number of rotatable bonds is 6. The largest absolute Gasteiger partial charge is 0.497 e. The number of aromatic carboxylic acids is 1. The van der Waals surface area contributed by atoms with Crippen molar-refractivity contribution >= 4 is 22.8 Å². The molecule has 0 bridgehead atoms. The van der Waals surface area contributed by atoms with Gasteiger partial charge in [-0.3, -0.25) is 4.79 Å². The van der Waals surface area contributed by atoms with Crippen molar-refractivity contribution in [1.82, 2.24) is 4.98 Å². The number of nitrogens with two attached hydrogens (primary N) is 1. The number of benzene rings is 1. The number of ether oxygens (including phenoxy) is 1. The van der Waals surface area contributed by atoms with Crippen molar-refractivity contribution in [2.75, 3.05) is 7.11 Å². The summed E-state index contributed by atoms with van der Waals surface area (Å²) in [5.74, 6) is -0.867. The quantitative estimate of drug-likeness (QED) is 0.758. The molecule has 21 heavy (non-hydrogen) atoms. The maximum Gasteiger partial charge on any atom is 0.352 e. The minimum Gasteiger partial charge on any atom is -0.497 e. The number of aromatic amines is 1. The second kappa shape index (κ2) is 5.87. The Morgan fingerprint density at radius 2 is 2.14 bits per heavy atom. The molecule has 0 fully saturated rings. The molecule has 0 aliphatic carbocycles. The van der Waals surface area contributed by atoms with Crippen molar-refractivity contribution in [3.63, 3.8) is 0 Å². The van der Waals surface area contributed by atoms with Crippen molar-refractivity contribution in [2.24, 2.45) is 5.73 Å². The number of hydrogen-bond donors (Lipinski definition) is 3. The van der Waals surface area contributed by atoms with Gasteiger partial charge in [-0.1, -0.05) is 6.92 Å². The Kier molecular flexibility index (Phi) is 4.16. The van der Waals surface area contributed by atoms with Gasteiger partial charge in [0.25, 0.3) is 0 Å². The molecule has 1 aromatic carbocycles. The summed E-state index contributed by atoms with van der Waals surface area (Å²) in [6, 6.07) is 5.35. The Hall–Kier alpha value is -2.50. The Morgan fingerprint density at radius 1 is 1.43 bits per heavy atom. The van der Waals surface area contributed by atoms with Crippen LogP contribution < -0.4 is 10.5 Å². The van der Waals surface area contributed by atoms with Crippen LogP contribution in [0.3, 0.4) is 0 Å². The van der Waals surface area contributed by atoms with Gasteiger partial charge in [0.15, 0.2) is 0 Å².